The van der Waals surface area contributed by atoms with Crippen LogP contribution in [0.3, 0.4) is 0 Å². The van der Waals surface area contributed by atoms with Crippen molar-refractivity contribution in [1.82, 2.24) is 4.90 Å². The second-order valence-corrected chi connectivity index (χ2v) is 2.05. The highest BCUT2D eigenvalue weighted by Gasteiger charge is 2.01. The Morgan fingerprint density at radius 2 is 1.60 bits per heavy atom. The molecule has 0 aromatic carbocycles. The summed E-state index contributed by atoms with van der Waals surface area (Å²) >= 11 is 5.19. The van der Waals surface area contributed by atoms with Crippen LogP contribution in [-0.2, 0) is 0 Å². The van der Waals surface area contributed by atoms with Gasteiger partial charge in [-0.3, -0.25) is 9.69 Å². The molecule has 3 heteroatoms. The highest BCUT2D eigenvalue weighted by Crippen LogP contribution is 2.01. The smallest absolute Gasteiger partial charge is 0.281 e. The minimum absolute atomic E-state index is 0.504. The lowest BCUT2D eigenvalue weighted by atomic mass is 10.5. The third-order valence-corrected chi connectivity index (χ3v) is 1.22. The number of nitrogens with zero attached hydrogens (tertiary/aromatic N) is 1. The van der Waals surface area contributed by atoms with E-state index in [1.165, 1.54) is 4.90 Å². The lowest BCUT2D eigenvalue weighted by Gasteiger charge is -2.05. The Morgan fingerprint density at radius 3 is 2.00 bits per heavy atom. The molecule has 0 spiro atoms. The molecule has 0 aliphatic carbocycles. The van der Waals surface area contributed by atoms with E-state index in [4.69, 9.17) is 11.6 Å². The Bertz CT molecular complexity index is 202. The predicted molar refractivity (Wildman–Crippen MR) is 40.5 cm³/mol. The van der Waals surface area contributed by atoms with E-state index in [1.54, 1.807) is 24.6 Å². The molecule has 0 atom stereocenters. The minimum atomic E-state index is -0.504. The Labute approximate surface area is 64.1 Å². The highest BCUT2D eigenvalue weighted by molar-refractivity contribution is 6.63. The molecule has 0 bridgehead atoms. The third kappa shape index (κ3) is 1.74. The van der Waals surface area contributed by atoms with E-state index < -0.39 is 5.37 Å². The van der Waals surface area contributed by atoms with Crippen molar-refractivity contribution in [2.24, 2.45) is 0 Å². The number of hydrogen-bond donors (Lipinski definition) is 0. The molecule has 0 aromatic heterocycles. The Balaban J connectivity index is 2.72. The number of hydrogen-bond acceptors (Lipinski definition) is 1. The molecule has 0 fully saturated rings. The van der Waals surface area contributed by atoms with Gasteiger partial charge in [0, 0.05) is 12.4 Å². The van der Waals surface area contributed by atoms with Gasteiger partial charge in [0.15, 0.2) is 0 Å². The van der Waals surface area contributed by atoms with Crippen LogP contribution < -0.4 is 0 Å². The first-order chi connectivity index (χ1) is 4.80. The van der Waals surface area contributed by atoms with Crippen molar-refractivity contribution in [3.8, 4) is 0 Å². The van der Waals surface area contributed by atoms with Crippen molar-refractivity contribution in [1.29, 1.82) is 0 Å². The van der Waals surface area contributed by atoms with Gasteiger partial charge in [0.1, 0.15) is 0 Å². The number of carbonyl (C=O) groups is 1. The van der Waals surface area contributed by atoms with Crippen LogP contribution in [0.4, 0.5) is 4.79 Å². The Kier molecular flexibility index (Phi) is 2.29. The maximum absolute atomic E-state index is 10.5. The molecule has 52 valence electrons. The minimum Gasteiger partial charge on any atom is -0.281 e. The number of carbonyl (C=O) groups excluding carboxylic acids is 1. The largest absolute Gasteiger partial charge is 0.324 e. The Morgan fingerprint density at radius 1 is 1.10 bits per heavy atom. The summed E-state index contributed by atoms with van der Waals surface area (Å²) in [6.07, 6.45) is 10.3. The fourth-order valence-corrected chi connectivity index (χ4v) is 0.693. The van der Waals surface area contributed by atoms with Crippen LogP contribution >= 0.6 is 11.6 Å². The molecule has 0 radical (unpaired) electrons. The zero-order valence-electron chi connectivity index (χ0n) is 5.20. The molecule has 1 aliphatic heterocycles. The van der Waals surface area contributed by atoms with Gasteiger partial charge >= 0.3 is 5.37 Å². The molecule has 1 aliphatic rings. The maximum Gasteiger partial charge on any atom is 0.324 e. The van der Waals surface area contributed by atoms with E-state index in [0.717, 1.165) is 0 Å². The van der Waals surface area contributed by atoms with E-state index >= 15 is 0 Å². The second kappa shape index (κ2) is 3.22. The number of allylic oxidation sites excluding steroid dienone is 4. The van der Waals surface area contributed by atoms with Gasteiger partial charge in [-0.2, -0.15) is 0 Å². The summed E-state index contributed by atoms with van der Waals surface area (Å²) in [7, 11) is 0. The summed E-state index contributed by atoms with van der Waals surface area (Å²) < 4.78 is 0. The third-order valence-electron chi connectivity index (χ3n) is 1.03. The number of halogens is 1. The molecule has 0 aromatic rings. The number of amides is 1. The molecule has 1 amide bonds. The van der Waals surface area contributed by atoms with Crippen molar-refractivity contribution < 1.29 is 4.79 Å². The van der Waals surface area contributed by atoms with Crippen molar-refractivity contribution in [3.05, 3.63) is 36.7 Å². The highest BCUT2D eigenvalue weighted by atomic mass is 35.5. The van der Waals surface area contributed by atoms with Crippen molar-refractivity contribution in [2.45, 2.75) is 0 Å². The predicted octanol–water partition coefficient (Wildman–Crippen LogP) is 2.24. The van der Waals surface area contributed by atoms with Gasteiger partial charge in [0.25, 0.3) is 0 Å². The SMILES string of the molecule is O=C(Cl)N1C=CC=CC=C1. The fraction of sp³-hybridized carbons (Fsp3) is 0. The molecule has 0 saturated heterocycles. The van der Waals surface area contributed by atoms with Crippen LogP contribution in [0.2, 0.25) is 0 Å². The summed E-state index contributed by atoms with van der Waals surface area (Å²) in [5, 5.41) is -0.504. The number of rotatable bonds is 0. The van der Waals surface area contributed by atoms with Gasteiger partial charge in [-0.05, 0) is 23.8 Å². The van der Waals surface area contributed by atoms with Gasteiger partial charge in [0.2, 0.25) is 0 Å². The van der Waals surface area contributed by atoms with Gasteiger partial charge < -0.3 is 0 Å². The van der Waals surface area contributed by atoms with Gasteiger partial charge in [-0.15, -0.1) is 0 Å². The summed E-state index contributed by atoms with van der Waals surface area (Å²) in [6, 6.07) is 0. The lowest BCUT2D eigenvalue weighted by molar-refractivity contribution is 0.247. The molecule has 0 N–H and O–H groups in total. The summed E-state index contributed by atoms with van der Waals surface area (Å²) in [6.45, 7) is 0. The van der Waals surface area contributed by atoms with Crippen LogP contribution in [0.5, 0.6) is 0 Å². The van der Waals surface area contributed by atoms with Gasteiger partial charge in [-0.25, -0.2) is 0 Å². The van der Waals surface area contributed by atoms with Crippen molar-refractivity contribution >= 4 is 17.0 Å². The fourth-order valence-electron chi connectivity index (χ4n) is 0.580. The normalized spacial score (nSPS) is 15.5. The maximum atomic E-state index is 10.5. The van der Waals surface area contributed by atoms with Gasteiger partial charge in [0.05, 0.1) is 0 Å². The zero-order valence-corrected chi connectivity index (χ0v) is 5.95. The molecule has 1 rings (SSSR count). The van der Waals surface area contributed by atoms with E-state index in [-0.39, 0.29) is 0 Å². The van der Waals surface area contributed by atoms with E-state index in [0.29, 0.717) is 0 Å². The summed E-state index contributed by atoms with van der Waals surface area (Å²) in [4.78, 5) is 11.8. The van der Waals surface area contributed by atoms with Crippen LogP contribution in [0.1, 0.15) is 0 Å². The molecular formula is C7H6ClNO. The first-order valence-corrected chi connectivity index (χ1v) is 3.18. The first kappa shape index (κ1) is 7.09. The quantitative estimate of drug-likeness (QED) is 0.388. The molecule has 2 nitrogen and oxygen atoms in total. The van der Waals surface area contributed by atoms with E-state index in [9.17, 15) is 4.79 Å². The lowest BCUT2D eigenvalue weighted by Crippen LogP contribution is -2.10. The Hall–Kier alpha value is -1.02. The van der Waals surface area contributed by atoms with Crippen LogP contribution in [0.15, 0.2) is 36.7 Å². The van der Waals surface area contributed by atoms with E-state index in [2.05, 4.69) is 0 Å². The molecule has 1 heterocycles. The standard InChI is InChI=1S/C7H6ClNO/c8-7(10)9-5-3-1-2-4-6-9/h1-6H. The topological polar surface area (TPSA) is 20.3 Å². The molecule has 10 heavy (non-hydrogen) atoms. The van der Waals surface area contributed by atoms with E-state index in [1.807, 2.05) is 12.2 Å². The molecule has 0 saturated carbocycles. The first-order valence-electron chi connectivity index (χ1n) is 2.80. The molecular weight excluding hydrogens is 150 g/mol. The van der Waals surface area contributed by atoms with Gasteiger partial charge in [-0.1, -0.05) is 12.2 Å². The summed E-state index contributed by atoms with van der Waals surface area (Å²) in [5.41, 5.74) is 0. The monoisotopic (exact) mass is 155 g/mol. The second-order valence-electron chi connectivity index (χ2n) is 1.73. The van der Waals surface area contributed by atoms with Crippen molar-refractivity contribution in [2.75, 3.05) is 0 Å². The van der Waals surface area contributed by atoms with Crippen LogP contribution in [0, 0.1) is 0 Å². The molecule has 0 unspecified atom stereocenters. The average molecular weight is 156 g/mol. The average Bonchev–Trinajstić information content (AvgIpc) is 2.12. The summed E-state index contributed by atoms with van der Waals surface area (Å²) in [5.74, 6) is 0. The van der Waals surface area contributed by atoms with Crippen LogP contribution in [-0.4, -0.2) is 10.3 Å². The zero-order chi connectivity index (χ0) is 7.40. The van der Waals surface area contributed by atoms with Crippen LogP contribution in [0.25, 0.3) is 0 Å². The van der Waals surface area contributed by atoms with Crippen molar-refractivity contribution in [3.63, 3.8) is 0 Å².